The van der Waals surface area contributed by atoms with Crippen molar-refractivity contribution < 1.29 is 14.6 Å². The van der Waals surface area contributed by atoms with Gasteiger partial charge >= 0.3 is 0 Å². The predicted molar refractivity (Wildman–Crippen MR) is 80.5 cm³/mol. The van der Waals surface area contributed by atoms with Gasteiger partial charge in [0, 0.05) is 18.4 Å². The molecule has 0 aliphatic carbocycles. The molecule has 108 valence electrons. The summed E-state index contributed by atoms with van der Waals surface area (Å²) in [5, 5.41) is 11.7. The number of ether oxygens (including phenoxy) is 1. The number of rotatable bonds is 4. The number of nitrogens with one attached hydrogen (secondary N) is 1. The molecule has 1 heterocycles. The summed E-state index contributed by atoms with van der Waals surface area (Å²) in [6.45, 7) is 0.123. The van der Waals surface area contributed by atoms with Gasteiger partial charge in [-0.1, -0.05) is 12.1 Å². The van der Waals surface area contributed by atoms with Crippen molar-refractivity contribution in [3.63, 3.8) is 0 Å². The zero-order chi connectivity index (χ0) is 14.8. The first-order valence-corrected chi connectivity index (χ1v) is 6.75. The van der Waals surface area contributed by atoms with E-state index in [0.29, 0.717) is 30.0 Å². The molecule has 1 aliphatic rings. The lowest BCUT2D eigenvalue weighted by molar-refractivity contribution is -0.115. The number of nitrogen functional groups attached to an aromatic ring is 1. The Labute approximate surface area is 122 Å². The zero-order valence-corrected chi connectivity index (χ0v) is 11.4. The van der Waals surface area contributed by atoms with Crippen LogP contribution in [0.25, 0.3) is 0 Å². The van der Waals surface area contributed by atoms with Gasteiger partial charge in [-0.3, -0.25) is 4.79 Å². The van der Waals surface area contributed by atoms with E-state index in [0.717, 1.165) is 16.8 Å². The molecule has 0 saturated heterocycles. The molecule has 1 aliphatic heterocycles. The van der Waals surface area contributed by atoms with Gasteiger partial charge in [-0.25, -0.2) is 0 Å². The van der Waals surface area contributed by atoms with Crippen molar-refractivity contribution in [1.29, 1.82) is 0 Å². The Bertz CT molecular complexity index is 681. The molecule has 3 rings (SSSR count). The molecule has 0 saturated carbocycles. The summed E-state index contributed by atoms with van der Waals surface area (Å²) in [6, 6.07) is 11.0. The summed E-state index contributed by atoms with van der Waals surface area (Å²) < 4.78 is 5.76. The number of amides is 1. The third-order valence-electron chi connectivity index (χ3n) is 3.41. The first-order valence-electron chi connectivity index (χ1n) is 6.75. The quantitative estimate of drug-likeness (QED) is 0.751. The number of aliphatic hydroxyl groups excluding tert-OH is 1. The standard InChI is InChI=1S/C16H16N2O3/c17-13-7-11-8-16(20)18-14(11)9-15(13)21-12-3-1-10(2-4-12)5-6-19/h1-4,7,9,19H,5-6,8,17H2,(H,18,20). The van der Waals surface area contributed by atoms with Gasteiger partial charge in [0.2, 0.25) is 5.91 Å². The number of nitrogens with two attached hydrogens (primary N) is 1. The molecule has 5 heteroatoms. The highest BCUT2D eigenvalue weighted by atomic mass is 16.5. The van der Waals surface area contributed by atoms with E-state index in [1.165, 1.54) is 0 Å². The summed E-state index contributed by atoms with van der Waals surface area (Å²) in [7, 11) is 0. The van der Waals surface area contributed by atoms with Crippen molar-refractivity contribution in [2.75, 3.05) is 17.7 Å². The smallest absolute Gasteiger partial charge is 0.228 e. The van der Waals surface area contributed by atoms with Gasteiger partial charge in [0.15, 0.2) is 5.75 Å². The van der Waals surface area contributed by atoms with E-state index in [4.69, 9.17) is 15.6 Å². The fraction of sp³-hybridized carbons (Fsp3) is 0.188. The second kappa shape index (κ2) is 5.46. The molecule has 5 nitrogen and oxygen atoms in total. The number of hydrogen-bond acceptors (Lipinski definition) is 4. The van der Waals surface area contributed by atoms with Crippen molar-refractivity contribution in [1.82, 2.24) is 0 Å². The summed E-state index contributed by atoms with van der Waals surface area (Å²) in [5.74, 6) is 1.15. The predicted octanol–water partition coefficient (Wildman–Crippen LogP) is 2.09. The third-order valence-corrected chi connectivity index (χ3v) is 3.41. The molecular formula is C16H16N2O3. The number of carbonyl (C=O) groups is 1. The van der Waals surface area contributed by atoms with Crippen molar-refractivity contribution in [2.24, 2.45) is 0 Å². The lowest BCUT2D eigenvalue weighted by atomic mass is 10.1. The minimum absolute atomic E-state index is 0.0325. The Morgan fingerprint density at radius 2 is 2.00 bits per heavy atom. The van der Waals surface area contributed by atoms with E-state index in [2.05, 4.69) is 5.32 Å². The van der Waals surface area contributed by atoms with E-state index < -0.39 is 0 Å². The first kappa shape index (κ1) is 13.5. The molecule has 4 N–H and O–H groups in total. The van der Waals surface area contributed by atoms with Crippen LogP contribution < -0.4 is 15.8 Å². The van der Waals surface area contributed by atoms with Crippen LogP contribution in [0, 0.1) is 0 Å². The SMILES string of the molecule is Nc1cc2c(cc1Oc1ccc(CCO)cc1)NC(=O)C2. The van der Waals surface area contributed by atoms with Crippen molar-refractivity contribution >= 4 is 17.3 Å². The molecule has 0 bridgehead atoms. The van der Waals surface area contributed by atoms with Crippen molar-refractivity contribution in [3.05, 3.63) is 47.5 Å². The van der Waals surface area contributed by atoms with Gasteiger partial charge in [0.05, 0.1) is 12.1 Å². The van der Waals surface area contributed by atoms with Crippen LogP contribution in [0.4, 0.5) is 11.4 Å². The first-order chi connectivity index (χ1) is 10.2. The Balaban J connectivity index is 1.82. The molecular weight excluding hydrogens is 268 g/mol. The molecule has 0 radical (unpaired) electrons. The second-order valence-electron chi connectivity index (χ2n) is 4.99. The summed E-state index contributed by atoms with van der Waals surface area (Å²) in [4.78, 5) is 11.4. The highest BCUT2D eigenvalue weighted by molar-refractivity contribution is 6.00. The second-order valence-corrected chi connectivity index (χ2v) is 4.99. The summed E-state index contributed by atoms with van der Waals surface area (Å²) in [5.41, 5.74) is 9.16. The average Bonchev–Trinajstić information content (AvgIpc) is 2.81. The van der Waals surface area contributed by atoms with Gasteiger partial charge < -0.3 is 20.9 Å². The van der Waals surface area contributed by atoms with Crippen molar-refractivity contribution in [3.8, 4) is 11.5 Å². The van der Waals surface area contributed by atoms with E-state index in [1.54, 1.807) is 12.1 Å². The number of benzene rings is 2. The fourth-order valence-electron chi connectivity index (χ4n) is 2.34. The third kappa shape index (κ3) is 2.83. The molecule has 2 aromatic carbocycles. The van der Waals surface area contributed by atoms with Crippen molar-refractivity contribution in [2.45, 2.75) is 12.8 Å². The highest BCUT2D eigenvalue weighted by Gasteiger charge is 2.20. The number of anilines is 2. The van der Waals surface area contributed by atoms with Crippen LogP contribution in [0.1, 0.15) is 11.1 Å². The van der Waals surface area contributed by atoms with Gasteiger partial charge in [-0.05, 0) is 35.7 Å². The average molecular weight is 284 g/mol. The van der Waals surface area contributed by atoms with Crippen LogP contribution in [0.2, 0.25) is 0 Å². The highest BCUT2D eigenvalue weighted by Crippen LogP contribution is 2.35. The van der Waals surface area contributed by atoms with Crippen LogP contribution in [-0.4, -0.2) is 17.6 Å². The van der Waals surface area contributed by atoms with Crippen LogP contribution in [-0.2, 0) is 17.6 Å². The van der Waals surface area contributed by atoms with Gasteiger partial charge in [0.1, 0.15) is 5.75 Å². The van der Waals surface area contributed by atoms with Crippen LogP contribution >= 0.6 is 0 Å². The zero-order valence-electron chi connectivity index (χ0n) is 11.4. The van der Waals surface area contributed by atoms with Crippen LogP contribution in [0.5, 0.6) is 11.5 Å². The van der Waals surface area contributed by atoms with E-state index in [-0.39, 0.29) is 12.5 Å². The number of carbonyl (C=O) groups excluding carboxylic acids is 1. The lowest BCUT2D eigenvalue weighted by Gasteiger charge is -2.11. The van der Waals surface area contributed by atoms with Gasteiger partial charge in [-0.15, -0.1) is 0 Å². The monoisotopic (exact) mass is 284 g/mol. The van der Waals surface area contributed by atoms with E-state index >= 15 is 0 Å². The molecule has 0 aromatic heterocycles. The van der Waals surface area contributed by atoms with Gasteiger partial charge in [0.25, 0.3) is 0 Å². The molecule has 2 aromatic rings. The van der Waals surface area contributed by atoms with Gasteiger partial charge in [-0.2, -0.15) is 0 Å². The molecule has 0 atom stereocenters. The Morgan fingerprint density at radius 3 is 2.71 bits per heavy atom. The Kier molecular flexibility index (Phi) is 3.50. The maximum Gasteiger partial charge on any atom is 0.228 e. The van der Waals surface area contributed by atoms with Crippen LogP contribution in [0.3, 0.4) is 0 Å². The Hall–Kier alpha value is -2.53. The lowest BCUT2D eigenvalue weighted by Crippen LogP contribution is -2.03. The molecule has 1 amide bonds. The minimum atomic E-state index is -0.0325. The minimum Gasteiger partial charge on any atom is -0.455 e. The normalized spacial score (nSPS) is 12.9. The fourth-order valence-corrected chi connectivity index (χ4v) is 2.34. The number of aliphatic hydroxyl groups is 1. The van der Waals surface area contributed by atoms with E-state index in [1.807, 2.05) is 24.3 Å². The van der Waals surface area contributed by atoms with Crippen LogP contribution in [0.15, 0.2) is 36.4 Å². The number of hydrogen-bond donors (Lipinski definition) is 3. The summed E-state index contributed by atoms with van der Waals surface area (Å²) in [6.07, 6.45) is 0.975. The molecule has 0 fully saturated rings. The summed E-state index contributed by atoms with van der Waals surface area (Å²) >= 11 is 0. The Morgan fingerprint density at radius 1 is 1.24 bits per heavy atom. The van der Waals surface area contributed by atoms with E-state index in [9.17, 15) is 4.79 Å². The largest absolute Gasteiger partial charge is 0.455 e. The maximum atomic E-state index is 11.4. The molecule has 0 unspecified atom stereocenters. The topological polar surface area (TPSA) is 84.6 Å². The number of fused-ring (bicyclic) bond motifs is 1. The molecule has 0 spiro atoms. The maximum absolute atomic E-state index is 11.4. The molecule has 21 heavy (non-hydrogen) atoms.